The Kier molecular flexibility index (Phi) is 5.61. The van der Waals surface area contributed by atoms with Gasteiger partial charge in [0.15, 0.2) is 0 Å². The van der Waals surface area contributed by atoms with Crippen molar-refractivity contribution in [1.29, 1.82) is 0 Å². The first-order chi connectivity index (χ1) is 13.2. The van der Waals surface area contributed by atoms with Crippen LogP contribution in [0.15, 0.2) is 54.1 Å². The fourth-order valence-electron chi connectivity index (χ4n) is 4.57. The van der Waals surface area contributed by atoms with Gasteiger partial charge >= 0.3 is 0 Å². The van der Waals surface area contributed by atoms with Crippen LogP contribution in [0.2, 0.25) is 0 Å². The number of allylic oxidation sites excluding steroid dienone is 1. The largest absolute Gasteiger partial charge is 0.508 e. The van der Waals surface area contributed by atoms with Crippen LogP contribution in [-0.2, 0) is 12.8 Å². The third-order valence-corrected chi connectivity index (χ3v) is 6.21. The minimum atomic E-state index is -0.608. The van der Waals surface area contributed by atoms with Crippen LogP contribution in [0, 0.1) is 11.8 Å². The first kappa shape index (κ1) is 18.3. The number of hydrogen-bond acceptors (Lipinski definition) is 3. The first-order valence-electron chi connectivity index (χ1n) is 10.2. The molecule has 0 saturated heterocycles. The molecule has 2 aromatic rings. The number of nitrogens with one attached hydrogen (secondary N) is 1. The predicted octanol–water partition coefficient (Wildman–Crippen LogP) is 4.29. The van der Waals surface area contributed by atoms with Crippen molar-refractivity contribution in [3.8, 4) is 5.75 Å². The summed E-state index contributed by atoms with van der Waals surface area (Å²) in [6.07, 6.45) is 8.31. The van der Waals surface area contributed by atoms with E-state index >= 15 is 0 Å². The maximum absolute atomic E-state index is 10.3. The number of fused-ring (bicyclic) bond motifs is 1. The summed E-state index contributed by atoms with van der Waals surface area (Å²) in [6, 6.07) is 16.0. The molecule has 1 atom stereocenters. The lowest BCUT2D eigenvalue weighted by atomic mass is 9.78. The molecule has 27 heavy (non-hydrogen) atoms. The number of aromatic hydroxyl groups is 1. The molecule has 3 nitrogen and oxygen atoms in total. The number of aliphatic hydroxyl groups is 1. The van der Waals surface area contributed by atoms with Gasteiger partial charge in [0.05, 0.1) is 0 Å². The van der Waals surface area contributed by atoms with Crippen LogP contribution in [0.3, 0.4) is 0 Å². The van der Waals surface area contributed by atoms with Crippen molar-refractivity contribution in [2.24, 2.45) is 11.8 Å². The zero-order valence-electron chi connectivity index (χ0n) is 15.8. The maximum Gasteiger partial charge on any atom is 0.118 e. The van der Waals surface area contributed by atoms with Gasteiger partial charge in [-0.3, -0.25) is 5.32 Å². The van der Waals surface area contributed by atoms with Gasteiger partial charge in [0.25, 0.3) is 0 Å². The molecule has 1 fully saturated rings. The lowest BCUT2D eigenvalue weighted by Crippen LogP contribution is -2.36. The zero-order chi connectivity index (χ0) is 18.6. The second-order valence-electron chi connectivity index (χ2n) is 8.07. The fraction of sp³-hybridized carbons (Fsp3) is 0.417. The standard InChI is InChI=1S/C24H29NO2/c26-23-8-4-3-7-21(23)15-24(27)25-16-17-9-11-18(12-10-17)22-13-19-5-1-2-6-20(19)14-22/h1-8,13,17-18,24-27H,9-12,14-16H2. The van der Waals surface area contributed by atoms with Crippen LogP contribution >= 0.6 is 0 Å². The summed E-state index contributed by atoms with van der Waals surface area (Å²) in [7, 11) is 0. The Hall–Kier alpha value is -2.10. The van der Waals surface area contributed by atoms with E-state index in [0.717, 1.165) is 24.4 Å². The molecule has 2 aliphatic carbocycles. The summed E-state index contributed by atoms with van der Waals surface area (Å²) in [5.74, 6) is 1.61. The molecule has 0 spiro atoms. The van der Waals surface area contributed by atoms with Gasteiger partial charge in [-0.1, -0.05) is 54.1 Å². The molecule has 2 aromatic carbocycles. The van der Waals surface area contributed by atoms with Crippen LogP contribution in [0.5, 0.6) is 5.75 Å². The summed E-state index contributed by atoms with van der Waals surface area (Å²) in [6.45, 7) is 0.848. The quantitative estimate of drug-likeness (QED) is 0.671. The molecule has 4 rings (SSSR count). The zero-order valence-corrected chi connectivity index (χ0v) is 15.8. The molecule has 0 aromatic heterocycles. The van der Waals surface area contributed by atoms with E-state index in [1.165, 1.54) is 36.8 Å². The van der Waals surface area contributed by atoms with Gasteiger partial charge in [-0.25, -0.2) is 0 Å². The van der Waals surface area contributed by atoms with Crippen molar-refractivity contribution in [3.05, 3.63) is 70.8 Å². The molecule has 3 heteroatoms. The third kappa shape index (κ3) is 4.42. The van der Waals surface area contributed by atoms with Gasteiger partial charge < -0.3 is 10.2 Å². The Morgan fingerprint density at radius 1 is 0.963 bits per heavy atom. The Morgan fingerprint density at radius 3 is 2.48 bits per heavy atom. The molecule has 0 amide bonds. The number of rotatable bonds is 6. The predicted molar refractivity (Wildman–Crippen MR) is 109 cm³/mol. The van der Waals surface area contributed by atoms with Gasteiger partial charge in [-0.2, -0.15) is 0 Å². The lowest BCUT2D eigenvalue weighted by Gasteiger charge is -2.30. The number of benzene rings is 2. The summed E-state index contributed by atoms with van der Waals surface area (Å²) >= 11 is 0. The maximum atomic E-state index is 10.3. The topological polar surface area (TPSA) is 52.5 Å². The lowest BCUT2D eigenvalue weighted by molar-refractivity contribution is 0.124. The third-order valence-electron chi connectivity index (χ3n) is 6.21. The minimum absolute atomic E-state index is 0.254. The highest BCUT2D eigenvalue weighted by atomic mass is 16.3. The Balaban J connectivity index is 1.22. The van der Waals surface area contributed by atoms with Crippen molar-refractivity contribution in [1.82, 2.24) is 5.32 Å². The minimum Gasteiger partial charge on any atom is -0.508 e. The fourth-order valence-corrected chi connectivity index (χ4v) is 4.57. The van der Waals surface area contributed by atoms with E-state index in [4.69, 9.17) is 0 Å². The van der Waals surface area contributed by atoms with Crippen LogP contribution in [0.1, 0.15) is 42.4 Å². The van der Waals surface area contributed by atoms with Crippen molar-refractivity contribution in [3.63, 3.8) is 0 Å². The summed E-state index contributed by atoms with van der Waals surface area (Å²) in [5, 5.41) is 23.3. The smallest absolute Gasteiger partial charge is 0.118 e. The van der Waals surface area contributed by atoms with Crippen molar-refractivity contribution in [2.75, 3.05) is 6.54 Å². The number of phenolic OH excluding ortho intramolecular Hbond substituents is 1. The average Bonchev–Trinajstić information content (AvgIpc) is 3.13. The van der Waals surface area contributed by atoms with E-state index in [1.807, 2.05) is 12.1 Å². The summed E-state index contributed by atoms with van der Waals surface area (Å²) in [5.41, 5.74) is 5.28. The first-order valence-corrected chi connectivity index (χ1v) is 10.2. The van der Waals surface area contributed by atoms with Gasteiger partial charge in [-0.15, -0.1) is 0 Å². The molecular weight excluding hydrogens is 334 g/mol. The van der Waals surface area contributed by atoms with E-state index in [9.17, 15) is 10.2 Å². The number of hydrogen-bond donors (Lipinski definition) is 3. The van der Waals surface area contributed by atoms with Crippen molar-refractivity contribution in [2.45, 2.75) is 44.8 Å². The Bertz CT molecular complexity index is 806. The van der Waals surface area contributed by atoms with E-state index in [0.29, 0.717) is 12.3 Å². The monoisotopic (exact) mass is 363 g/mol. The van der Waals surface area contributed by atoms with Gasteiger partial charge in [-0.05, 0) is 66.7 Å². The van der Waals surface area contributed by atoms with E-state index in [-0.39, 0.29) is 5.75 Å². The molecule has 1 saturated carbocycles. The van der Waals surface area contributed by atoms with E-state index in [1.54, 1.807) is 17.7 Å². The van der Waals surface area contributed by atoms with Crippen LogP contribution in [0.4, 0.5) is 0 Å². The Morgan fingerprint density at radius 2 is 1.70 bits per heavy atom. The highest BCUT2D eigenvalue weighted by Crippen LogP contribution is 2.38. The molecule has 142 valence electrons. The van der Waals surface area contributed by atoms with Crippen LogP contribution in [-0.4, -0.2) is 23.0 Å². The SMILES string of the molecule is Oc1ccccc1CC(O)NCC1CCC(C2=Cc3ccccc3C2)CC1. The molecular formula is C24H29NO2. The Labute approximate surface area is 161 Å². The number of aliphatic hydroxyl groups excluding tert-OH is 1. The molecule has 0 heterocycles. The summed E-state index contributed by atoms with van der Waals surface area (Å²) in [4.78, 5) is 0. The van der Waals surface area contributed by atoms with Gasteiger partial charge in [0.1, 0.15) is 12.0 Å². The van der Waals surface area contributed by atoms with Crippen molar-refractivity contribution >= 4 is 6.08 Å². The second-order valence-corrected chi connectivity index (χ2v) is 8.07. The number of phenols is 1. The molecule has 0 aliphatic heterocycles. The number of para-hydroxylation sites is 1. The average molecular weight is 364 g/mol. The normalized spacial score (nSPS) is 22.9. The van der Waals surface area contributed by atoms with E-state index in [2.05, 4.69) is 35.7 Å². The molecule has 0 radical (unpaired) electrons. The molecule has 0 bridgehead atoms. The molecule has 1 unspecified atom stereocenters. The molecule has 2 aliphatic rings. The van der Waals surface area contributed by atoms with Crippen molar-refractivity contribution < 1.29 is 10.2 Å². The second kappa shape index (κ2) is 8.28. The van der Waals surface area contributed by atoms with E-state index < -0.39 is 6.23 Å². The van der Waals surface area contributed by atoms with Gasteiger partial charge in [0, 0.05) is 13.0 Å². The van der Waals surface area contributed by atoms with Gasteiger partial charge in [0.2, 0.25) is 0 Å². The highest BCUT2D eigenvalue weighted by molar-refractivity contribution is 5.64. The van der Waals surface area contributed by atoms with Crippen LogP contribution < -0.4 is 5.32 Å². The summed E-state index contributed by atoms with van der Waals surface area (Å²) < 4.78 is 0. The van der Waals surface area contributed by atoms with Crippen LogP contribution in [0.25, 0.3) is 6.08 Å². The highest BCUT2D eigenvalue weighted by Gasteiger charge is 2.26. The molecule has 3 N–H and O–H groups in total.